The maximum absolute atomic E-state index is 12.5. The molecule has 6 nitrogen and oxygen atoms in total. The Balaban J connectivity index is 1.57. The van der Waals surface area contributed by atoms with Crippen LogP contribution in [0.2, 0.25) is 10.0 Å². The van der Waals surface area contributed by atoms with Gasteiger partial charge in [0, 0.05) is 32.4 Å². The second-order valence-corrected chi connectivity index (χ2v) is 6.85. The zero-order chi connectivity index (χ0) is 18.7. The van der Waals surface area contributed by atoms with Crippen molar-refractivity contribution in [2.24, 2.45) is 0 Å². The monoisotopic (exact) mass is 393 g/mol. The summed E-state index contributed by atoms with van der Waals surface area (Å²) in [5.74, 6) is -0.288. The average molecular weight is 394 g/mol. The normalized spacial score (nSPS) is 14.4. The molecular weight excluding hydrogens is 377 g/mol. The Morgan fingerprint density at radius 3 is 2.31 bits per heavy atom. The molecular formula is C18H17Cl2N3O3. The van der Waals surface area contributed by atoms with Crippen LogP contribution >= 0.6 is 23.2 Å². The molecule has 2 aromatic rings. The highest BCUT2D eigenvalue weighted by Crippen LogP contribution is 2.26. The van der Waals surface area contributed by atoms with Gasteiger partial charge < -0.3 is 14.9 Å². The molecule has 0 saturated carbocycles. The van der Waals surface area contributed by atoms with Gasteiger partial charge in [-0.1, -0.05) is 35.3 Å². The lowest BCUT2D eigenvalue weighted by Crippen LogP contribution is -2.49. The summed E-state index contributed by atoms with van der Waals surface area (Å²) in [4.78, 5) is 31.4. The van der Waals surface area contributed by atoms with Crippen LogP contribution in [-0.2, 0) is 11.2 Å². The number of amides is 1. The van der Waals surface area contributed by atoms with E-state index in [2.05, 4.69) is 4.98 Å². The van der Waals surface area contributed by atoms with Gasteiger partial charge in [-0.3, -0.25) is 4.79 Å². The largest absolute Gasteiger partial charge is 0.478 e. The highest BCUT2D eigenvalue weighted by Gasteiger charge is 2.23. The molecule has 1 aromatic carbocycles. The number of carboxylic acid groups (broad SMARTS) is 1. The summed E-state index contributed by atoms with van der Waals surface area (Å²) in [5.41, 5.74) is 1.01. The van der Waals surface area contributed by atoms with Gasteiger partial charge >= 0.3 is 5.97 Å². The number of nitrogens with zero attached hydrogens (tertiary/aromatic N) is 3. The summed E-state index contributed by atoms with van der Waals surface area (Å²) < 4.78 is 0. The van der Waals surface area contributed by atoms with Crippen molar-refractivity contribution in [1.82, 2.24) is 9.88 Å². The Hall–Kier alpha value is -2.31. The van der Waals surface area contributed by atoms with Crippen LogP contribution in [0.1, 0.15) is 15.9 Å². The van der Waals surface area contributed by atoms with Crippen LogP contribution in [-0.4, -0.2) is 53.0 Å². The molecule has 0 radical (unpaired) electrons. The van der Waals surface area contributed by atoms with Crippen molar-refractivity contribution in [2.75, 3.05) is 31.1 Å². The molecule has 0 aliphatic carbocycles. The minimum absolute atomic E-state index is 0.0166. The molecule has 3 rings (SSSR count). The minimum Gasteiger partial charge on any atom is -0.478 e. The number of anilines is 1. The molecule has 1 aromatic heterocycles. The number of carbonyl (C=O) groups excluding carboxylic acids is 1. The molecule has 1 saturated heterocycles. The summed E-state index contributed by atoms with van der Waals surface area (Å²) >= 11 is 12.1. The number of benzene rings is 1. The molecule has 0 unspecified atom stereocenters. The molecule has 1 fully saturated rings. The first-order valence-corrected chi connectivity index (χ1v) is 8.85. The van der Waals surface area contributed by atoms with Crippen molar-refractivity contribution in [3.63, 3.8) is 0 Å². The van der Waals surface area contributed by atoms with E-state index >= 15 is 0 Å². The van der Waals surface area contributed by atoms with Gasteiger partial charge in [0.15, 0.2) is 0 Å². The molecule has 2 heterocycles. The van der Waals surface area contributed by atoms with Gasteiger partial charge in [-0.2, -0.15) is 0 Å². The molecule has 136 valence electrons. The number of carboxylic acids is 1. The highest BCUT2D eigenvalue weighted by atomic mass is 35.5. The lowest BCUT2D eigenvalue weighted by molar-refractivity contribution is -0.130. The Labute approximate surface area is 161 Å². The smallest absolute Gasteiger partial charge is 0.335 e. The number of piperazine rings is 1. The van der Waals surface area contributed by atoms with Crippen LogP contribution in [0.4, 0.5) is 5.82 Å². The van der Waals surface area contributed by atoms with Crippen molar-refractivity contribution in [1.29, 1.82) is 0 Å². The molecule has 1 amide bonds. The first-order valence-electron chi connectivity index (χ1n) is 8.10. The van der Waals surface area contributed by atoms with E-state index in [1.807, 2.05) is 4.90 Å². The van der Waals surface area contributed by atoms with Gasteiger partial charge in [0.1, 0.15) is 5.82 Å². The predicted octanol–water partition coefficient (Wildman–Crippen LogP) is 2.98. The summed E-state index contributed by atoms with van der Waals surface area (Å²) in [5, 5.41) is 9.90. The summed E-state index contributed by atoms with van der Waals surface area (Å²) in [6, 6.07) is 8.03. The SMILES string of the molecule is O=C(O)c1ccc(CC(=O)N2CCN(c3ncc(Cl)cc3Cl)CC2)cc1. The van der Waals surface area contributed by atoms with Gasteiger partial charge in [-0.25, -0.2) is 9.78 Å². The van der Waals surface area contributed by atoms with Crippen LogP contribution in [0.3, 0.4) is 0 Å². The van der Waals surface area contributed by atoms with E-state index < -0.39 is 5.97 Å². The Morgan fingerprint density at radius 2 is 1.73 bits per heavy atom. The van der Waals surface area contributed by atoms with Crippen LogP contribution in [0.5, 0.6) is 0 Å². The summed E-state index contributed by atoms with van der Waals surface area (Å²) in [6.45, 7) is 2.43. The van der Waals surface area contributed by atoms with Crippen LogP contribution in [0.15, 0.2) is 36.5 Å². The van der Waals surface area contributed by atoms with Crippen LogP contribution < -0.4 is 4.90 Å². The number of hydrogen-bond acceptors (Lipinski definition) is 4. The standard InChI is InChI=1S/C18H17Cl2N3O3/c19-14-10-15(20)17(21-11-14)23-7-5-22(6-8-23)16(24)9-12-1-3-13(4-2-12)18(25)26/h1-4,10-11H,5-9H2,(H,25,26). The van der Waals surface area contributed by atoms with Gasteiger partial charge in [-0.15, -0.1) is 0 Å². The maximum Gasteiger partial charge on any atom is 0.335 e. The van der Waals surface area contributed by atoms with E-state index in [0.717, 1.165) is 5.56 Å². The minimum atomic E-state index is -0.978. The zero-order valence-corrected chi connectivity index (χ0v) is 15.4. The second-order valence-electron chi connectivity index (χ2n) is 6.01. The molecule has 0 atom stereocenters. The second kappa shape index (κ2) is 7.93. The van der Waals surface area contributed by atoms with Crippen molar-refractivity contribution < 1.29 is 14.7 Å². The topological polar surface area (TPSA) is 73.7 Å². The summed E-state index contributed by atoms with van der Waals surface area (Å²) in [6.07, 6.45) is 1.81. The predicted molar refractivity (Wildman–Crippen MR) is 100 cm³/mol. The molecule has 0 bridgehead atoms. The fourth-order valence-electron chi connectivity index (χ4n) is 2.86. The molecule has 26 heavy (non-hydrogen) atoms. The first-order chi connectivity index (χ1) is 12.4. The van der Waals surface area contributed by atoms with Crippen molar-refractivity contribution >= 4 is 40.9 Å². The Kier molecular flexibility index (Phi) is 5.64. The fourth-order valence-corrected chi connectivity index (χ4v) is 3.36. The molecule has 0 spiro atoms. The highest BCUT2D eigenvalue weighted by molar-refractivity contribution is 6.36. The number of aromatic carboxylic acids is 1. The lowest BCUT2D eigenvalue weighted by Gasteiger charge is -2.35. The Bertz CT molecular complexity index is 819. The van der Waals surface area contributed by atoms with Gasteiger partial charge in [-0.05, 0) is 23.8 Å². The number of carbonyl (C=O) groups is 2. The molecule has 1 aliphatic heterocycles. The fraction of sp³-hybridized carbons (Fsp3) is 0.278. The number of rotatable bonds is 4. The zero-order valence-electron chi connectivity index (χ0n) is 13.9. The summed E-state index contributed by atoms with van der Waals surface area (Å²) in [7, 11) is 0. The van der Waals surface area contributed by atoms with Crippen molar-refractivity contribution in [3.8, 4) is 0 Å². The van der Waals surface area contributed by atoms with E-state index in [-0.39, 0.29) is 17.9 Å². The number of halogens is 2. The van der Waals surface area contributed by atoms with E-state index in [9.17, 15) is 9.59 Å². The van der Waals surface area contributed by atoms with E-state index in [1.54, 1.807) is 29.3 Å². The third-order valence-corrected chi connectivity index (χ3v) is 4.76. The van der Waals surface area contributed by atoms with Crippen LogP contribution in [0, 0.1) is 0 Å². The number of pyridine rings is 1. The average Bonchev–Trinajstić information content (AvgIpc) is 2.62. The van der Waals surface area contributed by atoms with Crippen molar-refractivity contribution in [3.05, 3.63) is 57.7 Å². The van der Waals surface area contributed by atoms with E-state index in [4.69, 9.17) is 28.3 Å². The Morgan fingerprint density at radius 1 is 1.08 bits per heavy atom. The first kappa shape index (κ1) is 18.5. The third kappa shape index (κ3) is 4.26. The number of hydrogen-bond donors (Lipinski definition) is 1. The molecule has 1 aliphatic rings. The molecule has 8 heteroatoms. The van der Waals surface area contributed by atoms with E-state index in [0.29, 0.717) is 42.0 Å². The van der Waals surface area contributed by atoms with Crippen LogP contribution in [0.25, 0.3) is 0 Å². The molecule has 1 N–H and O–H groups in total. The van der Waals surface area contributed by atoms with Gasteiger partial charge in [0.2, 0.25) is 5.91 Å². The maximum atomic E-state index is 12.5. The van der Waals surface area contributed by atoms with E-state index in [1.165, 1.54) is 12.1 Å². The number of aromatic nitrogens is 1. The quantitative estimate of drug-likeness (QED) is 0.863. The lowest BCUT2D eigenvalue weighted by atomic mass is 10.1. The van der Waals surface area contributed by atoms with Gasteiger partial charge in [0.25, 0.3) is 0 Å². The van der Waals surface area contributed by atoms with Gasteiger partial charge in [0.05, 0.1) is 22.0 Å². The third-order valence-electron chi connectivity index (χ3n) is 4.28. The van der Waals surface area contributed by atoms with Crippen molar-refractivity contribution in [2.45, 2.75) is 6.42 Å².